The summed E-state index contributed by atoms with van der Waals surface area (Å²) in [6.45, 7) is 0. The molecule has 0 saturated carbocycles. The van der Waals surface area contributed by atoms with E-state index in [1.807, 2.05) is 0 Å². The van der Waals surface area contributed by atoms with Crippen LogP contribution in [0.15, 0.2) is 10.5 Å². The molecule has 0 aliphatic heterocycles. The minimum Gasteiger partial charge on any atom is -0.439 e. The SMILES string of the molecule is O=C(Cl)c1oc(Cl)cc1Cl. The molecule has 0 bridgehead atoms. The molecule has 1 rings (SSSR count). The lowest BCUT2D eigenvalue weighted by Crippen LogP contribution is -1.83. The normalized spacial score (nSPS) is 9.90. The van der Waals surface area contributed by atoms with E-state index in [0.29, 0.717) is 0 Å². The van der Waals surface area contributed by atoms with Gasteiger partial charge in [-0.2, -0.15) is 0 Å². The van der Waals surface area contributed by atoms with Crippen LogP contribution in [0.4, 0.5) is 0 Å². The fourth-order valence-electron chi connectivity index (χ4n) is 0.475. The first-order valence-electron chi connectivity index (χ1n) is 2.26. The Morgan fingerprint density at radius 1 is 1.50 bits per heavy atom. The average Bonchev–Trinajstić information content (AvgIpc) is 2.10. The Balaban J connectivity index is 3.15. The van der Waals surface area contributed by atoms with E-state index in [1.165, 1.54) is 6.07 Å². The summed E-state index contributed by atoms with van der Waals surface area (Å²) in [7, 11) is 0. The topological polar surface area (TPSA) is 30.2 Å². The molecule has 0 saturated heterocycles. The third-order valence-electron chi connectivity index (χ3n) is 0.835. The zero-order chi connectivity index (χ0) is 7.72. The molecule has 1 aromatic heterocycles. The Morgan fingerprint density at radius 2 is 2.10 bits per heavy atom. The van der Waals surface area contributed by atoms with Crippen LogP contribution in [-0.4, -0.2) is 5.24 Å². The Morgan fingerprint density at radius 3 is 2.30 bits per heavy atom. The smallest absolute Gasteiger partial charge is 0.289 e. The van der Waals surface area contributed by atoms with Gasteiger partial charge in [0, 0.05) is 6.07 Å². The minimum atomic E-state index is -0.753. The molecule has 0 atom stereocenters. The molecule has 5 heteroatoms. The number of furan rings is 1. The largest absolute Gasteiger partial charge is 0.439 e. The quantitative estimate of drug-likeness (QED) is 0.651. The molecular weight excluding hydrogens is 198 g/mol. The first kappa shape index (κ1) is 7.92. The van der Waals surface area contributed by atoms with E-state index in [9.17, 15) is 4.79 Å². The van der Waals surface area contributed by atoms with Crippen molar-refractivity contribution in [2.75, 3.05) is 0 Å². The van der Waals surface area contributed by atoms with Crippen molar-refractivity contribution >= 4 is 40.0 Å². The van der Waals surface area contributed by atoms with Gasteiger partial charge >= 0.3 is 0 Å². The predicted octanol–water partition coefficient (Wildman–Crippen LogP) is 2.97. The van der Waals surface area contributed by atoms with Crippen molar-refractivity contribution in [2.24, 2.45) is 0 Å². The van der Waals surface area contributed by atoms with E-state index >= 15 is 0 Å². The molecule has 0 unspecified atom stereocenters. The van der Waals surface area contributed by atoms with Crippen molar-refractivity contribution in [2.45, 2.75) is 0 Å². The maximum absolute atomic E-state index is 10.4. The Kier molecular flexibility index (Phi) is 2.24. The van der Waals surface area contributed by atoms with Gasteiger partial charge < -0.3 is 4.42 Å². The van der Waals surface area contributed by atoms with E-state index < -0.39 is 5.24 Å². The van der Waals surface area contributed by atoms with Crippen LogP contribution in [0, 0.1) is 0 Å². The van der Waals surface area contributed by atoms with Crippen LogP contribution in [0.25, 0.3) is 0 Å². The summed E-state index contributed by atoms with van der Waals surface area (Å²) in [5.41, 5.74) is 0. The van der Waals surface area contributed by atoms with Crippen LogP contribution in [0.5, 0.6) is 0 Å². The first-order valence-corrected chi connectivity index (χ1v) is 3.39. The molecule has 0 spiro atoms. The van der Waals surface area contributed by atoms with Gasteiger partial charge in [-0.05, 0) is 23.2 Å². The highest BCUT2D eigenvalue weighted by atomic mass is 35.5. The highest BCUT2D eigenvalue weighted by molar-refractivity contribution is 6.68. The fraction of sp³-hybridized carbons (Fsp3) is 0. The lowest BCUT2D eigenvalue weighted by atomic mass is 10.5. The van der Waals surface area contributed by atoms with E-state index in [0.717, 1.165) is 0 Å². The van der Waals surface area contributed by atoms with Crippen LogP contribution in [-0.2, 0) is 0 Å². The lowest BCUT2D eigenvalue weighted by molar-refractivity contribution is 0.105. The van der Waals surface area contributed by atoms with Crippen molar-refractivity contribution in [1.29, 1.82) is 0 Å². The number of carbonyl (C=O) groups excluding carboxylic acids is 1. The van der Waals surface area contributed by atoms with Gasteiger partial charge in [-0.25, -0.2) is 0 Å². The van der Waals surface area contributed by atoms with Gasteiger partial charge in [-0.1, -0.05) is 11.6 Å². The molecule has 0 aliphatic rings. The van der Waals surface area contributed by atoms with Crippen molar-refractivity contribution in [3.05, 3.63) is 22.1 Å². The molecule has 0 aromatic carbocycles. The third-order valence-corrected chi connectivity index (χ3v) is 1.47. The zero-order valence-electron chi connectivity index (χ0n) is 4.53. The second kappa shape index (κ2) is 2.82. The fourth-order valence-corrected chi connectivity index (χ4v) is 1.13. The molecule has 0 N–H and O–H groups in total. The second-order valence-corrected chi connectivity index (χ2v) is 2.62. The van der Waals surface area contributed by atoms with Gasteiger partial charge in [0.2, 0.25) is 5.76 Å². The molecule has 10 heavy (non-hydrogen) atoms. The van der Waals surface area contributed by atoms with E-state index in [2.05, 4.69) is 4.42 Å². The van der Waals surface area contributed by atoms with Crippen LogP contribution in [0.1, 0.15) is 10.6 Å². The summed E-state index contributed by atoms with van der Waals surface area (Å²) in [6.07, 6.45) is 0. The highest BCUT2D eigenvalue weighted by Crippen LogP contribution is 2.25. The molecule has 2 nitrogen and oxygen atoms in total. The first-order chi connectivity index (χ1) is 4.61. The van der Waals surface area contributed by atoms with E-state index in [4.69, 9.17) is 34.8 Å². The highest BCUT2D eigenvalue weighted by Gasteiger charge is 2.13. The summed E-state index contributed by atoms with van der Waals surface area (Å²) in [4.78, 5) is 10.4. The summed E-state index contributed by atoms with van der Waals surface area (Å²) in [5.74, 6) is -0.117. The number of hydrogen-bond donors (Lipinski definition) is 0. The average molecular weight is 199 g/mol. The summed E-state index contributed by atoms with van der Waals surface area (Å²) in [5, 5.41) is -0.573. The molecule has 1 aromatic rings. The maximum atomic E-state index is 10.4. The molecule has 0 radical (unpaired) electrons. The van der Waals surface area contributed by atoms with Gasteiger partial charge in [-0.3, -0.25) is 4.79 Å². The lowest BCUT2D eigenvalue weighted by Gasteiger charge is -1.83. The van der Waals surface area contributed by atoms with E-state index in [-0.39, 0.29) is 16.0 Å². The van der Waals surface area contributed by atoms with E-state index in [1.54, 1.807) is 0 Å². The zero-order valence-corrected chi connectivity index (χ0v) is 6.80. The number of rotatable bonds is 1. The van der Waals surface area contributed by atoms with Crippen molar-refractivity contribution in [1.82, 2.24) is 0 Å². The van der Waals surface area contributed by atoms with Crippen LogP contribution in [0.2, 0.25) is 10.2 Å². The number of carbonyl (C=O) groups is 1. The molecule has 0 aliphatic carbocycles. The van der Waals surface area contributed by atoms with Gasteiger partial charge in [-0.15, -0.1) is 0 Å². The van der Waals surface area contributed by atoms with Gasteiger partial charge in [0.05, 0.1) is 5.02 Å². The van der Waals surface area contributed by atoms with Crippen LogP contribution < -0.4 is 0 Å². The Labute approximate surface area is 71.7 Å². The van der Waals surface area contributed by atoms with Gasteiger partial charge in [0.15, 0.2) is 5.22 Å². The van der Waals surface area contributed by atoms with Crippen molar-refractivity contribution < 1.29 is 9.21 Å². The van der Waals surface area contributed by atoms with Crippen molar-refractivity contribution in [3.8, 4) is 0 Å². The molecular formula is C5HCl3O2. The van der Waals surface area contributed by atoms with Crippen LogP contribution >= 0.6 is 34.8 Å². The number of halogens is 3. The standard InChI is InChI=1S/C5HCl3O2/c6-2-1-3(7)10-4(2)5(8)9/h1H. The predicted molar refractivity (Wildman–Crippen MR) is 38.9 cm³/mol. The van der Waals surface area contributed by atoms with Crippen LogP contribution in [0.3, 0.4) is 0 Å². The summed E-state index contributed by atoms with van der Waals surface area (Å²) >= 11 is 15.9. The Hall–Kier alpha value is -0.180. The number of hydrogen-bond acceptors (Lipinski definition) is 2. The second-order valence-electron chi connectivity index (χ2n) is 1.50. The summed E-state index contributed by atoms with van der Waals surface area (Å²) in [6, 6.07) is 1.30. The van der Waals surface area contributed by atoms with Gasteiger partial charge in [0.1, 0.15) is 0 Å². The third kappa shape index (κ3) is 1.45. The maximum Gasteiger partial charge on any atom is 0.289 e. The van der Waals surface area contributed by atoms with Gasteiger partial charge in [0.25, 0.3) is 5.24 Å². The summed E-state index contributed by atoms with van der Waals surface area (Å²) < 4.78 is 4.63. The Bertz CT molecular complexity index is 266. The molecule has 1 heterocycles. The minimum absolute atomic E-state index is 0.0500. The van der Waals surface area contributed by atoms with Crippen molar-refractivity contribution in [3.63, 3.8) is 0 Å². The molecule has 0 amide bonds. The molecule has 54 valence electrons. The monoisotopic (exact) mass is 198 g/mol. The molecule has 0 fully saturated rings.